The lowest BCUT2D eigenvalue weighted by Crippen LogP contribution is -2.30. The Bertz CT molecular complexity index is 1230. The van der Waals surface area contributed by atoms with E-state index < -0.39 is 0 Å². The van der Waals surface area contributed by atoms with E-state index >= 15 is 0 Å². The monoisotopic (exact) mass is 504 g/mol. The number of anilines is 1. The minimum atomic E-state index is -0.102. The number of aromatic nitrogens is 2. The van der Waals surface area contributed by atoms with Gasteiger partial charge in [0.05, 0.1) is 18.8 Å². The van der Waals surface area contributed by atoms with Crippen LogP contribution in [0.5, 0.6) is 5.75 Å². The lowest BCUT2D eigenvalue weighted by molar-refractivity contribution is 0.415. The Balaban J connectivity index is 1.64. The molecule has 2 atom stereocenters. The van der Waals surface area contributed by atoms with Gasteiger partial charge in [-0.05, 0) is 85.0 Å². The molecule has 0 amide bonds. The van der Waals surface area contributed by atoms with Crippen molar-refractivity contribution in [1.82, 2.24) is 14.9 Å². The molecule has 1 saturated heterocycles. The first-order valence-corrected chi connectivity index (χ1v) is 11.4. The summed E-state index contributed by atoms with van der Waals surface area (Å²) in [6.07, 6.45) is 3.91. The summed E-state index contributed by atoms with van der Waals surface area (Å²) in [5, 5.41) is 4.18. The summed E-state index contributed by atoms with van der Waals surface area (Å²) in [6.45, 7) is 0. The Hall–Kier alpha value is -3.16. The lowest BCUT2D eigenvalue weighted by Gasteiger charge is -2.29. The van der Waals surface area contributed by atoms with Gasteiger partial charge in [-0.1, -0.05) is 22.0 Å². The van der Waals surface area contributed by atoms with Gasteiger partial charge in [0.1, 0.15) is 11.8 Å². The van der Waals surface area contributed by atoms with Crippen LogP contribution in [0.3, 0.4) is 0 Å². The molecule has 0 aliphatic carbocycles. The van der Waals surface area contributed by atoms with Crippen LogP contribution in [0.1, 0.15) is 23.5 Å². The number of methoxy groups -OCH3 is 1. The molecule has 0 spiro atoms. The van der Waals surface area contributed by atoms with Crippen molar-refractivity contribution in [2.45, 2.75) is 12.1 Å². The maximum Gasteiger partial charge on any atom is 0.174 e. The Labute approximate surface area is 200 Å². The predicted molar refractivity (Wildman–Crippen MR) is 134 cm³/mol. The normalized spacial score (nSPS) is 17.9. The Kier molecular flexibility index (Phi) is 5.68. The van der Waals surface area contributed by atoms with Crippen LogP contribution in [0, 0.1) is 0 Å². The number of pyridine rings is 1. The minimum absolute atomic E-state index is 0.0931. The topological polar surface area (TPSA) is 42.3 Å². The number of rotatable bonds is 5. The summed E-state index contributed by atoms with van der Waals surface area (Å²) in [7, 11) is 1.67. The molecule has 2 aromatic heterocycles. The second-order valence-corrected chi connectivity index (χ2v) is 8.78. The van der Waals surface area contributed by atoms with Gasteiger partial charge in [0.15, 0.2) is 5.11 Å². The summed E-state index contributed by atoms with van der Waals surface area (Å²) in [5.74, 6) is 0.808. The van der Waals surface area contributed by atoms with Gasteiger partial charge in [-0.3, -0.25) is 4.98 Å². The average molecular weight is 505 g/mol. The highest BCUT2D eigenvalue weighted by atomic mass is 79.9. The fourth-order valence-electron chi connectivity index (χ4n) is 4.15. The molecule has 3 heterocycles. The molecule has 2 aromatic carbocycles. The van der Waals surface area contributed by atoms with E-state index in [-0.39, 0.29) is 12.1 Å². The molecule has 0 bridgehead atoms. The van der Waals surface area contributed by atoms with Crippen molar-refractivity contribution in [3.05, 3.63) is 107 Å². The molecule has 5 rings (SSSR count). The molecule has 1 N–H and O–H groups in total. The van der Waals surface area contributed by atoms with Gasteiger partial charge in [-0.15, -0.1) is 0 Å². The van der Waals surface area contributed by atoms with E-state index in [0.29, 0.717) is 5.11 Å². The quantitative estimate of drug-likeness (QED) is 0.346. The zero-order valence-corrected chi connectivity index (χ0v) is 19.8. The number of hydrogen-bond donors (Lipinski definition) is 1. The van der Waals surface area contributed by atoms with E-state index in [1.165, 1.54) is 0 Å². The molecule has 0 radical (unpaired) electrons. The highest BCUT2D eigenvalue weighted by Gasteiger charge is 2.42. The van der Waals surface area contributed by atoms with Gasteiger partial charge in [-0.2, -0.15) is 0 Å². The molecular formula is C25H21BrN4OS. The number of ether oxygens (including phenoxy) is 1. The maximum atomic E-state index is 5.83. The maximum absolute atomic E-state index is 5.83. The van der Waals surface area contributed by atoms with Crippen LogP contribution in [0.25, 0.3) is 5.69 Å². The smallest absolute Gasteiger partial charge is 0.174 e. The molecule has 1 aliphatic heterocycles. The first kappa shape index (κ1) is 20.7. The number of halogens is 1. The van der Waals surface area contributed by atoms with E-state index in [0.717, 1.165) is 33.0 Å². The van der Waals surface area contributed by atoms with Gasteiger partial charge in [0, 0.05) is 33.9 Å². The largest absolute Gasteiger partial charge is 0.497 e. The Morgan fingerprint density at radius 2 is 1.69 bits per heavy atom. The molecule has 1 fully saturated rings. The third-order valence-electron chi connectivity index (χ3n) is 5.64. The van der Waals surface area contributed by atoms with Crippen molar-refractivity contribution < 1.29 is 4.74 Å². The second kappa shape index (κ2) is 8.76. The van der Waals surface area contributed by atoms with Crippen molar-refractivity contribution in [1.29, 1.82) is 0 Å². The van der Waals surface area contributed by atoms with Gasteiger partial charge in [0.2, 0.25) is 0 Å². The first-order valence-electron chi connectivity index (χ1n) is 10.2. The van der Waals surface area contributed by atoms with Crippen molar-refractivity contribution >= 4 is 38.9 Å². The van der Waals surface area contributed by atoms with Crippen LogP contribution in [0.2, 0.25) is 0 Å². The van der Waals surface area contributed by atoms with Crippen molar-refractivity contribution in [3.8, 4) is 11.4 Å². The van der Waals surface area contributed by atoms with Crippen molar-refractivity contribution in [2.24, 2.45) is 0 Å². The van der Waals surface area contributed by atoms with Gasteiger partial charge in [-0.25, -0.2) is 0 Å². The van der Waals surface area contributed by atoms with Crippen LogP contribution in [0.15, 0.2) is 95.7 Å². The molecule has 32 heavy (non-hydrogen) atoms. The van der Waals surface area contributed by atoms with Crippen LogP contribution in [0.4, 0.5) is 5.69 Å². The first-order chi connectivity index (χ1) is 15.7. The van der Waals surface area contributed by atoms with Crippen molar-refractivity contribution in [2.75, 3.05) is 12.0 Å². The summed E-state index contributed by atoms with van der Waals surface area (Å²) in [5.41, 5.74) is 4.14. The zero-order chi connectivity index (χ0) is 22.1. The van der Waals surface area contributed by atoms with Crippen molar-refractivity contribution in [3.63, 3.8) is 0 Å². The third kappa shape index (κ3) is 3.78. The summed E-state index contributed by atoms with van der Waals surface area (Å²) in [4.78, 5) is 6.81. The third-order valence-corrected chi connectivity index (χ3v) is 6.48. The lowest BCUT2D eigenvalue weighted by atomic mass is 10.0. The molecule has 5 nitrogen and oxygen atoms in total. The molecule has 160 valence electrons. The highest BCUT2D eigenvalue weighted by Crippen LogP contribution is 2.42. The van der Waals surface area contributed by atoms with Crippen LogP contribution < -0.4 is 15.0 Å². The molecule has 7 heteroatoms. The minimum Gasteiger partial charge on any atom is -0.497 e. The van der Waals surface area contributed by atoms with E-state index in [1.807, 2.05) is 60.8 Å². The highest BCUT2D eigenvalue weighted by molar-refractivity contribution is 9.10. The molecular weight excluding hydrogens is 484 g/mol. The fraction of sp³-hybridized carbons (Fsp3) is 0.120. The fourth-order valence-corrected chi connectivity index (χ4v) is 4.76. The predicted octanol–water partition coefficient (Wildman–Crippen LogP) is 5.82. The van der Waals surface area contributed by atoms with Crippen LogP contribution in [-0.2, 0) is 0 Å². The van der Waals surface area contributed by atoms with Crippen LogP contribution in [-0.4, -0.2) is 21.8 Å². The number of benzene rings is 2. The average Bonchev–Trinajstić information content (AvgIpc) is 3.44. The second-order valence-electron chi connectivity index (χ2n) is 7.47. The van der Waals surface area contributed by atoms with E-state index in [2.05, 4.69) is 66.2 Å². The zero-order valence-electron chi connectivity index (χ0n) is 17.4. The summed E-state index contributed by atoms with van der Waals surface area (Å²) in [6, 6.07) is 26.3. The van der Waals surface area contributed by atoms with Gasteiger partial charge >= 0.3 is 0 Å². The SMILES string of the molecule is COc1ccc(N2C(=S)N[C@@H](c3ccccn3)[C@H]2c2cccn2-c2ccc(Br)cc2)cc1. The van der Waals surface area contributed by atoms with E-state index in [1.54, 1.807) is 7.11 Å². The van der Waals surface area contributed by atoms with Gasteiger partial charge in [0.25, 0.3) is 0 Å². The van der Waals surface area contributed by atoms with Gasteiger partial charge < -0.3 is 19.5 Å². The van der Waals surface area contributed by atoms with Crippen LogP contribution >= 0.6 is 28.1 Å². The molecule has 1 aliphatic rings. The molecule has 0 saturated carbocycles. The standard InChI is InChI=1S/C25H21BrN4OS/c1-31-20-13-11-19(12-14-20)30-24(23(28-25(30)32)21-5-2-3-15-27-21)22-6-4-16-29(22)18-9-7-17(26)8-10-18/h2-16,23-24H,1H3,(H,28,32)/t23-,24+/m0/s1. The number of thiocarbonyl (C=S) groups is 1. The Morgan fingerprint density at radius 3 is 2.38 bits per heavy atom. The number of nitrogens with zero attached hydrogens (tertiary/aromatic N) is 3. The number of nitrogens with one attached hydrogen (secondary N) is 1. The molecule has 0 unspecified atom stereocenters. The molecule has 4 aromatic rings. The number of hydrogen-bond acceptors (Lipinski definition) is 3. The van der Waals surface area contributed by atoms with E-state index in [4.69, 9.17) is 17.0 Å². The Morgan fingerprint density at radius 1 is 0.938 bits per heavy atom. The van der Waals surface area contributed by atoms with E-state index in [9.17, 15) is 0 Å². The summed E-state index contributed by atoms with van der Waals surface area (Å²) < 4.78 is 8.60. The summed E-state index contributed by atoms with van der Waals surface area (Å²) >= 11 is 9.36.